The van der Waals surface area contributed by atoms with Crippen molar-refractivity contribution >= 4 is 32.9 Å². The van der Waals surface area contributed by atoms with Gasteiger partial charge in [0.1, 0.15) is 0 Å². The predicted molar refractivity (Wildman–Crippen MR) is 75.5 cm³/mol. The van der Waals surface area contributed by atoms with Crippen molar-refractivity contribution in [2.24, 2.45) is 4.99 Å². The minimum absolute atomic E-state index is 0.399. The molecule has 1 aliphatic rings. The van der Waals surface area contributed by atoms with Gasteiger partial charge < -0.3 is 0 Å². The van der Waals surface area contributed by atoms with E-state index in [4.69, 9.17) is 0 Å². The normalized spacial score (nSPS) is 19.7. The molecule has 0 amide bonds. The van der Waals surface area contributed by atoms with E-state index in [0.29, 0.717) is 6.04 Å². The molecule has 3 rings (SSSR count). The van der Waals surface area contributed by atoms with Gasteiger partial charge in [0, 0.05) is 23.1 Å². The Kier molecular flexibility index (Phi) is 2.95. The van der Waals surface area contributed by atoms with Crippen molar-refractivity contribution in [1.82, 2.24) is 5.32 Å². The maximum absolute atomic E-state index is 4.19. The lowest BCUT2D eigenvalue weighted by Crippen LogP contribution is -2.25. The molecule has 0 bridgehead atoms. The first-order chi connectivity index (χ1) is 8.33. The molecule has 2 nitrogen and oxygen atoms in total. The molecule has 1 unspecified atom stereocenters. The molecule has 2 aromatic rings. The Morgan fingerprint density at radius 3 is 2.82 bits per heavy atom. The molecule has 0 radical (unpaired) electrons. The van der Waals surface area contributed by atoms with Crippen LogP contribution in [0.2, 0.25) is 0 Å². The van der Waals surface area contributed by atoms with Crippen LogP contribution in [0, 0.1) is 0 Å². The van der Waals surface area contributed by atoms with E-state index in [1.54, 1.807) is 0 Å². The highest BCUT2D eigenvalue weighted by Crippen LogP contribution is 2.25. The van der Waals surface area contributed by atoms with Crippen molar-refractivity contribution < 1.29 is 0 Å². The maximum Gasteiger partial charge on any atom is 0.0885 e. The van der Waals surface area contributed by atoms with Crippen LogP contribution in [-0.2, 0) is 0 Å². The van der Waals surface area contributed by atoms with Crippen molar-refractivity contribution in [3.63, 3.8) is 0 Å². The number of nitrogens with one attached hydrogen (secondary N) is 1. The number of nitrogens with zero attached hydrogens (tertiary/aromatic N) is 1. The fourth-order valence-corrected chi connectivity index (χ4v) is 2.58. The van der Waals surface area contributed by atoms with Crippen molar-refractivity contribution in [1.29, 1.82) is 0 Å². The molecule has 0 fully saturated rings. The Hall–Kier alpha value is -1.19. The molecule has 17 heavy (non-hydrogen) atoms. The van der Waals surface area contributed by atoms with Crippen molar-refractivity contribution in [2.75, 3.05) is 6.67 Å². The number of hydrogen-bond acceptors (Lipinski definition) is 2. The van der Waals surface area contributed by atoms with Crippen LogP contribution in [0.3, 0.4) is 0 Å². The van der Waals surface area contributed by atoms with E-state index in [1.165, 1.54) is 16.3 Å². The zero-order valence-corrected chi connectivity index (χ0v) is 10.9. The van der Waals surface area contributed by atoms with E-state index in [2.05, 4.69) is 62.6 Å². The Labute approximate surface area is 109 Å². The van der Waals surface area contributed by atoms with Gasteiger partial charge in [-0.2, -0.15) is 0 Å². The average molecular weight is 289 g/mol. The molecule has 1 aliphatic heterocycles. The highest BCUT2D eigenvalue weighted by atomic mass is 79.9. The molecule has 0 spiro atoms. The summed E-state index contributed by atoms with van der Waals surface area (Å²) < 4.78 is 1.13. The number of aliphatic imine (C=N–C) groups is 1. The van der Waals surface area contributed by atoms with Crippen LogP contribution in [0.15, 0.2) is 45.9 Å². The van der Waals surface area contributed by atoms with E-state index in [1.807, 2.05) is 6.21 Å². The van der Waals surface area contributed by atoms with Crippen LogP contribution in [0.1, 0.15) is 18.0 Å². The van der Waals surface area contributed by atoms with Gasteiger partial charge in [-0.25, -0.2) is 0 Å². The van der Waals surface area contributed by atoms with Gasteiger partial charge in [0.15, 0.2) is 0 Å². The molecule has 0 saturated heterocycles. The second-order valence-corrected chi connectivity index (χ2v) is 5.18. The van der Waals surface area contributed by atoms with E-state index < -0.39 is 0 Å². The first kappa shape index (κ1) is 10.9. The van der Waals surface area contributed by atoms with Gasteiger partial charge in [-0.05, 0) is 34.5 Å². The van der Waals surface area contributed by atoms with Gasteiger partial charge in [0.25, 0.3) is 0 Å². The Morgan fingerprint density at radius 2 is 2.00 bits per heavy atom. The third-order valence-electron chi connectivity index (χ3n) is 3.13. The maximum atomic E-state index is 4.19. The van der Waals surface area contributed by atoms with Crippen LogP contribution >= 0.6 is 15.9 Å². The summed E-state index contributed by atoms with van der Waals surface area (Å²) in [7, 11) is 0. The van der Waals surface area contributed by atoms with E-state index in [0.717, 1.165) is 17.6 Å². The second kappa shape index (κ2) is 4.59. The van der Waals surface area contributed by atoms with Crippen LogP contribution in [0.25, 0.3) is 10.8 Å². The summed E-state index contributed by atoms with van der Waals surface area (Å²) >= 11 is 3.52. The van der Waals surface area contributed by atoms with Gasteiger partial charge in [-0.1, -0.05) is 34.1 Å². The molecule has 0 saturated carbocycles. The standard InChI is InChI=1S/C14H13BrN2/c15-13-4-3-10-1-2-11(7-12(10)8-13)14-5-6-16-9-17-14/h1-4,6-8,14,17H,5,9H2. The quantitative estimate of drug-likeness (QED) is 0.851. The summed E-state index contributed by atoms with van der Waals surface area (Å²) in [5, 5.41) is 5.96. The highest BCUT2D eigenvalue weighted by Gasteiger charge is 2.12. The smallest absolute Gasteiger partial charge is 0.0885 e. The lowest BCUT2D eigenvalue weighted by Gasteiger charge is -2.20. The summed E-state index contributed by atoms with van der Waals surface area (Å²) in [6.45, 7) is 0.723. The van der Waals surface area contributed by atoms with Gasteiger partial charge in [0.05, 0.1) is 6.67 Å². The molecule has 3 heteroatoms. The number of hydrogen-bond donors (Lipinski definition) is 1. The topological polar surface area (TPSA) is 24.4 Å². The van der Waals surface area contributed by atoms with Crippen LogP contribution in [-0.4, -0.2) is 12.9 Å². The van der Waals surface area contributed by atoms with Crippen LogP contribution in [0.5, 0.6) is 0 Å². The summed E-state index contributed by atoms with van der Waals surface area (Å²) in [6.07, 6.45) is 2.98. The molecule has 1 heterocycles. The van der Waals surface area contributed by atoms with E-state index >= 15 is 0 Å². The minimum Gasteiger partial charge on any atom is -0.291 e. The molecule has 0 aliphatic carbocycles. The molecule has 0 aromatic heterocycles. The number of benzene rings is 2. The zero-order valence-electron chi connectivity index (χ0n) is 9.36. The minimum atomic E-state index is 0.399. The van der Waals surface area contributed by atoms with Crippen molar-refractivity contribution in [3.05, 3.63) is 46.4 Å². The lowest BCUT2D eigenvalue weighted by molar-refractivity contribution is 0.546. The Morgan fingerprint density at radius 1 is 1.12 bits per heavy atom. The summed E-state index contributed by atoms with van der Waals surface area (Å²) in [4.78, 5) is 4.19. The zero-order chi connectivity index (χ0) is 11.7. The van der Waals surface area contributed by atoms with Gasteiger partial charge in [0.2, 0.25) is 0 Å². The molecule has 1 N–H and O–H groups in total. The SMILES string of the molecule is Brc1ccc2ccc(C3CC=NCN3)cc2c1. The van der Waals surface area contributed by atoms with Crippen LogP contribution < -0.4 is 5.32 Å². The van der Waals surface area contributed by atoms with E-state index in [9.17, 15) is 0 Å². The third-order valence-corrected chi connectivity index (χ3v) is 3.62. The van der Waals surface area contributed by atoms with Crippen molar-refractivity contribution in [3.8, 4) is 0 Å². The number of halogens is 1. The fourth-order valence-electron chi connectivity index (χ4n) is 2.20. The van der Waals surface area contributed by atoms with Gasteiger partial charge >= 0.3 is 0 Å². The molecular weight excluding hydrogens is 276 g/mol. The first-order valence-electron chi connectivity index (χ1n) is 5.74. The van der Waals surface area contributed by atoms with E-state index in [-0.39, 0.29) is 0 Å². The predicted octanol–water partition coefficient (Wildman–Crippen LogP) is 3.67. The average Bonchev–Trinajstić information content (AvgIpc) is 2.39. The van der Waals surface area contributed by atoms with Crippen molar-refractivity contribution in [2.45, 2.75) is 12.5 Å². The molecular formula is C14H13BrN2. The second-order valence-electron chi connectivity index (χ2n) is 4.27. The van der Waals surface area contributed by atoms with Crippen LogP contribution in [0.4, 0.5) is 0 Å². The van der Waals surface area contributed by atoms with Gasteiger partial charge in [-0.3, -0.25) is 10.3 Å². The Bertz CT molecular complexity index is 577. The lowest BCUT2D eigenvalue weighted by atomic mass is 10.00. The van der Waals surface area contributed by atoms with Gasteiger partial charge in [-0.15, -0.1) is 0 Å². The molecule has 2 aromatic carbocycles. The third kappa shape index (κ3) is 2.26. The fraction of sp³-hybridized carbons (Fsp3) is 0.214. The number of fused-ring (bicyclic) bond motifs is 1. The number of rotatable bonds is 1. The summed E-state index contributed by atoms with van der Waals surface area (Å²) in [6, 6.07) is 13.4. The summed E-state index contributed by atoms with van der Waals surface area (Å²) in [5.41, 5.74) is 1.33. The molecule has 1 atom stereocenters. The largest absolute Gasteiger partial charge is 0.291 e. The first-order valence-corrected chi connectivity index (χ1v) is 6.53. The Balaban J connectivity index is 2.03. The summed E-state index contributed by atoms with van der Waals surface area (Å²) in [5.74, 6) is 0. The monoisotopic (exact) mass is 288 g/mol. The highest BCUT2D eigenvalue weighted by molar-refractivity contribution is 9.10. The molecule has 86 valence electrons.